The molecule has 0 spiro atoms. The Hall–Kier alpha value is -3.99. The predicted molar refractivity (Wildman–Crippen MR) is 122 cm³/mol. The summed E-state index contributed by atoms with van der Waals surface area (Å²) in [6, 6.07) is 30.5. The molecular formula is C26H23N3O2. The van der Waals surface area contributed by atoms with Gasteiger partial charge in [0.2, 0.25) is 5.91 Å². The summed E-state index contributed by atoms with van der Waals surface area (Å²) in [5.74, 6) is -0.503. The van der Waals surface area contributed by atoms with E-state index in [9.17, 15) is 9.59 Å². The Kier molecular flexibility index (Phi) is 6.33. The van der Waals surface area contributed by atoms with Crippen LogP contribution in [0.1, 0.15) is 17.0 Å². The summed E-state index contributed by atoms with van der Waals surface area (Å²) in [4.78, 5) is 29.9. The molecule has 0 atom stereocenters. The summed E-state index contributed by atoms with van der Waals surface area (Å²) >= 11 is 0. The highest BCUT2D eigenvalue weighted by Gasteiger charge is 2.22. The van der Waals surface area contributed by atoms with Crippen LogP contribution < -0.4 is 10.9 Å². The zero-order valence-electron chi connectivity index (χ0n) is 17.0. The molecule has 0 radical (unpaired) electrons. The SMILES string of the molecule is O=C(NCCn1cnc(-c2ccccc2)cc1=O)C(c1ccccc1)c1ccccc1. The van der Waals surface area contributed by atoms with Crippen molar-refractivity contribution in [1.29, 1.82) is 0 Å². The number of benzene rings is 3. The molecule has 0 saturated carbocycles. The van der Waals surface area contributed by atoms with E-state index < -0.39 is 5.92 Å². The number of nitrogens with one attached hydrogen (secondary N) is 1. The van der Waals surface area contributed by atoms with Gasteiger partial charge in [-0.1, -0.05) is 91.0 Å². The molecule has 0 bridgehead atoms. The maximum absolute atomic E-state index is 13.0. The molecule has 154 valence electrons. The normalized spacial score (nSPS) is 10.7. The fourth-order valence-corrected chi connectivity index (χ4v) is 3.55. The molecule has 4 aromatic rings. The third kappa shape index (κ3) is 4.95. The van der Waals surface area contributed by atoms with Crippen molar-refractivity contribution in [3.63, 3.8) is 0 Å². The van der Waals surface area contributed by atoms with Crippen molar-refractivity contribution >= 4 is 5.91 Å². The first kappa shape index (κ1) is 20.3. The first-order chi connectivity index (χ1) is 15.2. The van der Waals surface area contributed by atoms with Crippen LogP contribution in [-0.4, -0.2) is 22.0 Å². The van der Waals surface area contributed by atoms with Crippen molar-refractivity contribution in [2.45, 2.75) is 12.5 Å². The second-order valence-electron chi connectivity index (χ2n) is 7.22. The third-order valence-corrected chi connectivity index (χ3v) is 5.13. The van der Waals surface area contributed by atoms with Gasteiger partial charge in [0.15, 0.2) is 0 Å². The Labute approximate surface area is 181 Å². The molecule has 0 unspecified atom stereocenters. The molecule has 0 aliphatic heterocycles. The van der Waals surface area contributed by atoms with Gasteiger partial charge >= 0.3 is 0 Å². The van der Waals surface area contributed by atoms with Gasteiger partial charge in [-0.15, -0.1) is 0 Å². The van der Waals surface area contributed by atoms with Gasteiger partial charge in [-0.25, -0.2) is 4.98 Å². The van der Waals surface area contributed by atoms with Crippen LogP contribution in [0.5, 0.6) is 0 Å². The summed E-state index contributed by atoms with van der Waals surface area (Å²) in [6.45, 7) is 0.685. The average Bonchev–Trinajstić information content (AvgIpc) is 2.82. The Morgan fingerprint density at radius 2 is 1.39 bits per heavy atom. The maximum atomic E-state index is 13.0. The Morgan fingerprint density at radius 3 is 1.94 bits per heavy atom. The lowest BCUT2D eigenvalue weighted by atomic mass is 9.90. The number of carbonyl (C=O) groups excluding carboxylic acids is 1. The second-order valence-corrected chi connectivity index (χ2v) is 7.22. The monoisotopic (exact) mass is 409 g/mol. The van der Waals surface area contributed by atoms with Crippen LogP contribution in [0.15, 0.2) is 108 Å². The minimum absolute atomic E-state index is 0.0979. The van der Waals surface area contributed by atoms with E-state index in [1.165, 1.54) is 17.0 Å². The first-order valence-corrected chi connectivity index (χ1v) is 10.2. The zero-order valence-corrected chi connectivity index (χ0v) is 17.0. The molecule has 5 heteroatoms. The highest BCUT2D eigenvalue weighted by Crippen LogP contribution is 2.24. The van der Waals surface area contributed by atoms with Crippen molar-refractivity contribution in [1.82, 2.24) is 14.9 Å². The van der Waals surface area contributed by atoms with Gasteiger partial charge in [-0.3, -0.25) is 14.2 Å². The number of aromatic nitrogens is 2. The molecule has 0 aliphatic carbocycles. The number of hydrogen-bond acceptors (Lipinski definition) is 3. The molecule has 1 amide bonds. The van der Waals surface area contributed by atoms with E-state index >= 15 is 0 Å². The van der Waals surface area contributed by atoms with Gasteiger partial charge in [0.1, 0.15) is 0 Å². The number of rotatable bonds is 7. The van der Waals surface area contributed by atoms with E-state index in [1.807, 2.05) is 91.0 Å². The summed E-state index contributed by atoms with van der Waals surface area (Å²) in [5, 5.41) is 2.98. The van der Waals surface area contributed by atoms with Crippen LogP contribution in [0.4, 0.5) is 0 Å². The number of carbonyl (C=O) groups is 1. The van der Waals surface area contributed by atoms with Crippen molar-refractivity contribution in [2.75, 3.05) is 6.54 Å². The molecule has 0 saturated heterocycles. The Morgan fingerprint density at radius 1 is 0.839 bits per heavy atom. The summed E-state index contributed by atoms with van der Waals surface area (Å²) < 4.78 is 1.51. The largest absolute Gasteiger partial charge is 0.353 e. The van der Waals surface area contributed by atoms with E-state index in [2.05, 4.69) is 10.3 Å². The molecule has 31 heavy (non-hydrogen) atoms. The minimum Gasteiger partial charge on any atom is -0.353 e. The molecule has 0 aliphatic rings. The molecule has 1 heterocycles. The van der Waals surface area contributed by atoms with Crippen LogP contribution in [0.2, 0.25) is 0 Å². The van der Waals surface area contributed by atoms with Gasteiger partial charge < -0.3 is 5.32 Å². The summed E-state index contributed by atoms with van der Waals surface area (Å²) in [7, 11) is 0. The average molecular weight is 409 g/mol. The van der Waals surface area contributed by atoms with Crippen LogP contribution in [-0.2, 0) is 11.3 Å². The van der Waals surface area contributed by atoms with Gasteiger partial charge in [0, 0.05) is 24.7 Å². The topological polar surface area (TPSA) is 64.0 Å². The van der Waals surface area contributed by atoms with Crippen LogP contribution >= 0.6 is 0 Å². The van der Waals surface area contributed by atoms with E-state index in [0.717, 1.165) is 16.7 Å². The van der Waals surface area contributed by atoms with Gasteiger partial charge in [0.25, 0.3) is 5.56 Å². The van der Waals surface area contributed by atoms with Crippen molar-refractivity contribution < 1.29 is 4.79 Å². The fraction of sp³-hybridized carbons (Fsp3) is 0.115. The van der Waals surface area contributed by atoms with E-state index in [1.54, 1.807) is 0 Å². The quantitative estimate of drug-likeness (QED) is 0.504. The summed E-state index contributed by atoms with van der Waals surface area (Å²) in [6.07, 6.45) is 1.53. The van der Waals surface area contributed by atoms with Crippen LogP contribution in [0, 0.1) is 0 Å². The number of hydrogen-bond donors (Lipinski definition) is 1. The van der Waals surface area contributed by atoms with E-state index in [0.29, 0.717) is 18.8 Å². The van der Waals surface area contributed by atoms with E-state index in [-0.39, 0.29) is 11.5 Å². The van der Waals surface area contributed by atoms with Crippen LogP contribution in [0.3, 0.4) is 0 Å². The first-order valence-electron chi connectivity index (χ1n) is 10.2. The number of nitrogens with zero attached hydrogens (tertiary/aromatic N) is 2. The maximum Gasteiger partial charge on any atom is 0.253 e. The fourth-order valence-electron chi connectivity index (χ4n) is 3.55. The molecule has 1 N–H and O–H groups in total. The van der Waals surface area contributed by atoms with Crippen molar-refractivity contribution in [2.24, 2.45) is 0 Å². The molecule has 0 fully saturated rings. The van der Waals surface area contributed by atoms with E-state index in [4.69, 9.17) is 0 Å². The molecule has 1 aromatic heterocycles. The lowest BCUT2D eigenvalue weighted by Gasteiger charge is -2.18. The van der Waals surface area contributed by atoms with Crippen LogP contribution in [0.25, 0.3) is 11.3 Å². The third-order valence-electron chi connectivity index (χ3n) is 5.13. The zero-order chi connectivity index (χ0) is 21.5. The molecular weight excluding hydrogens is 386 g/mol. The number of amides is 1. The van der Waals surface area contributed by atoms with Crippen molar-refractivity contribution in [3.05, 3.63) is 125 Å². The lowest BCUT2D eigenvalue weighted by molar-refractivity contribution is -0.121. The van der Waals surface area contributed by atoms with Gasteiger partial charge in [-0.05, 0) is 11.1 Å². The molecule has 3 aromatic carbocycles. The molecule has 4 rings (SSSR count). The van der Waals surface area contributed by atoms with Gasteiger partial charge in [-0.2, -0.15) is 0 Å². The smallest absolute Gasteiger partial charge is 0.253 e. The highest BCUT2D eigenvalue weighted by atomic mass is 16.2. The van der Waals surface area contributed by atoms with Gasteiger partial charge in [0.05, 0.1) is 17.9 Å². The predicted octanol–water partition coefficient (Wildman–Crippen LogP) is 3.86. The minimum atomic E-state index is -0.405. The Bertz CT molecular complexity index is 1150. The lowest BCUT2D eigenvalue weighted by Crippen LogP contribution is -2.34. The standard InChI is InChI=1S/C26H23N3O2/c30-24-18-23(20-10-4-1-5-11-20)28-19-29(24)17-16-27-26(31)25(21-12-6-2-7-13-21)22-14-8-3-9-15-22/h1-15,18-19,25H,16-17H2,(H,27,31). The van der Waals surface area contributed by atoms with Crippen molar-refractivity contribution in [3.8, 4) is 11.3 Å². The molecule has 5 nitrogen and oxygen atoms in total. The Balaban J connectivity index is 1.45. The highest BCUT2D eigenvalue weighted by molar-refractivity contribution is 5.87. The summed E-state index contributed by atoms with van der Waals surface area (Å²) in [5.41, 5.74) is 3.24. The second kappa shape index (κ2) is 9.67.